The molecule has 0 unspecified atom stereocenters. The lowest BCUT2D eigenvalue weighted by Gasteiger charge is -2.27. The molecule has 0 radical (unpaired) electrons. The Hall–Kier alpha value is -3.09. The van der Waals surface area contributed by atoms with E-state index >= 15 is 0 Å². The Bertz CT molecular complexity index is 1020. The minimum absolute atomic E-state index is 0.00823. The first-order valence-electron chi connectivity index (χ1n) is 9.42. The molecule has 4 rings (SSSR count). The highest BCUT2D eigenvalue weighted by atomic mass is 19.1. The van der Waals surface area contributed by atoms with Crippen molar-refractivity contribution in [1.82, 2.24) is 14.5 Å². The number of anilines is 2. The van der Waals surface area contributed by atoms with Gasteiger partial charge >= 0.3 is 0 Å². The molecule has 1 aliphatic rings. The fraction of sp³-hybridized carbons (Fsp3) is 0.333. The zero-order valence-electron chi connectivity index (χ0n) is 16.0. The molecule has 2 aromatic heterocycles. The number of likely N-dealkylation sites (tertiary alicyclic amines) is 1. The van der Waals surface area contributed by atoms with E-state index in [1.54, 1.807) is 12.3 Å². The molecule has 3 aromatic rings. The van der Waals surface area contributed by atoms with Crippen LogP contribution < -0.4 is 10.1 Å². The number of ether oxygens (including phenoxy) is 1. The number of hydrogen-bond donors (Lipinski definition) is 1. The second kappa shape index (κ2) is 7.50. The largest absolute Gasteiger partial charge is 0.495 e. The van der Waals surface area contributed by atoms with Crippen LogP contribution in [0.5, 0.6) is 5.75 Å². The van der Waals surface area contributed by atoms with E-state index in [-0.39, 0.29) is 11.7 Å². The maximum absolute atomic E-state index is 13.7. The molecular formula is C21H23FN4O2. The smallest absolute Gasteiger partial charge is 0.257 e. The Balaban J connectivity index is 1.74. The van der Waals surface area contributed by atoms with Crippen LogP contribution >= 0.6 is 0 Å². The van der Waals surface area contributed by atoms with E-state index < -0.39 is 0 Å². The summed E-state index contributed by atoms with van der Waals surface area (Å²) in [6.07, 6.45) is 6.74. The summed E-state index contributed by atoms with van der Waals surface area (Å²) in [7, 11) is 3.44. The zero-order chi connectivity index (χ0) is 19.7. The normalized spacial score (nSPS) is 14.3. The Kier molecular flexibility index (Phi) is 4.90. The van der Waals surface area contributed by atoms with Crippen LogP contribution in [0.3, 0.4) is 0 Å². The minimum atomic E-state index is -0.371. The third kappa shape index (κ3) is 3.28. The van der Waals surface area contributed by atoms with E-state index in [0.29, 0.717) is 22.8 Å². The van der Waals surface area contributed by atoms with Gasteiger partial charge in [-0.1, -0.05) is 0 Å². The maximum Gasteiger partial charge on any atom is 0.257 e. The van der Waals surface area contributed by atoms with Gasteiger partial charge in [-0.3, -0.25) is 4.79 Å². The average molecular weight is 382 g/mol. The van der Waals surface area contributed by atoms with Crippen LogP contribution in [-0.2, 0) is 7.05 Å². The Morgan fingerprint density at radius 1 is 1.21 bits per heavy atom. The number of halogens is 1. The van der Waals surface area contributed by atoms with Gasteiger partial charge in [0.25, 0.3) is 5.91 Å². The summed E-state index contributed by atoms with van der Waals surface area (Å²) >= 11 is 0. The van der Waals surface area contributed by atoms with Gasteiger partial charge in [-0.2, -0.15) is 0 Å². The molecule has 146 valence electrons. The van der Waals surface area contributed by atoms with Crippen molar-refractivity contribution in [2.75, 3.05) is 25.5 Å². The molecule has 0 atom stereocenters. The maximum atomic E-state index is 13.7. The van der Waals surface area contributed by atoms with Crippen LogP contribution in [0.25, 0.3) is 10.9 Å². The number of carbonyl (C=O) groups excluding carboxylic acids is 1. The number of aryl methyl sites for hydroxylation is 1. The molecule has 1 fully saturated rings. The van der Waals surface area contributed by atoms with Gasteiger partial charge in [-0.05, 0) is 37.5 Å². The first kappa shape index (κ1) is 18.3. The van der Waals surface area contributed by atoms with E-state index in [1.807, 2.05) is 28.8 Å². The number of fused-ring (bicyclic) bond motifs is 1. The summed E-state index contributed by atoms with van der Waals surface area (Å²) in [5.41, 5.74) is 1.87. The van der Waals surface area contributed by atoms with Gasteiger partial charge in [0.15, 0.2) is 0 Å². The van der Waals surface area contributed by atoms with Crippen molar-refractivity contribution in [3.05, 3.63) is 48.0 Å². The highest BCUT2D eigenvalue weighted by Crippen LogP contribution is 2.32. The Morgan fingerprint density at radius 2 is 2.00 bits per heavy atom. The zero-order valence-corrected chi connectivity index (χ0v) is 16.0. The molecule has 6 nitrogen and oxygen atoms in total. The van der Waals surface area contributed by atoms with Crippen LogP contribution in [0.4, 0.5) is 15.9 Å². The first-order valence-corrected chi connectivity index (χ1v) is 9.42. The summed E-state index contributed by atoms with van der Waals surface area (Å²) in [4.78, 5) is 19.4. The molecule has 1 aliphatic heterocycles. The summed E-state index contributed by atoms with van der Waals surface area (Å²) in [6.45, 7) is 1.57. The van der Waals surface area contributed by atoms with E-state index in [0.717, 1.165) is 36.8 Å². The summed E-state index contributed by atoms with van der Waals surface area (Å²) in [5.74, 6) is 0.703. The third-order valence-corrected chi connectivity index (χ3v) is 5.19. The number of amides is 1. The predicted molar refractivity (Wildman–Crippen MR) is 107 cm³/mol. The third-order valence-electron chi connectivity index (χ3n) is 5.19. The van der Waals surface area contributed by atoms with Gasteiger partial charge in [0.1, 0.15) is 17.4 Å². The molecule has 1 saturated heterocycles. The predicted octanol–water partition coefficient (Wildman–Crippen LogP) is 4.09. The quantitative estimate of drug-likeness (QED) is 0.738. The van der Waals surface area contributed by atoms with Crippen molar-refractivity contribution in [3.63, 3.8) is 0 Å². The second-order valence-corrected chi connectivity index (χ2v) is 7.03. The molecule has 0 saturated carbocycles. The molecule has 1 amide bonds. The van der Waals surface area contributed by atoms with Crippen molar-refractivity contribution in [3.8, 4) is 5.75 Å². The number of carbonyl (C=O) groups is 1. The van der Waals surface area contributed by atoms with Crippen LogP contribution in [0.1, 0.15) is 29.6 Å². The lowest BCUT2D eigenvalue weighted by Crippen LogP contribution is -2.35. The molecule has 28 heavy (non-hydrogen) atoms. The highest BCUT2D eigenvalue weighted by molar-refractivity contribution is 6.08. The Labute approximate surface area is 162 Å². The Morgan fingerprint density at radius 3 is 2.75 bits per heavy atom. The van der Waals surface area contributed by atoms with Crippen LogP contribution in [0.2, 0.25) is 0 Å². The average Bonchev–Trinajstić information content (AvgIpc) is 3.11. The van der Waals surface area contributed by atoms with E-state index in [1.165, 1.54) is 25.7 Å². The standard InChI is InChI=1S/C21H23FN4O2/c1-25-11-8-15-19(25)16(21(27)26-9-4-3-5-10-26)13-23-20(15)24-17-12-14(22)6-7-18(17)28-2/h6-8,11-13H,3-5,9-10H2,1-2H3,(H,23,24). The van der Waals surface area contributed by atoms with Crippen LogP contribution in [0.15, 0.2) is 36.7 Å². The summed E-state index contributed by atoms with van der Waals surface area (Å²) in [5, 5.41) is 3.95. The lowest BCUT2D eigenvalue weighted by atomic mass is 10.1. The van der Waals surface area contributed by atoms with Crippen molar-refractivity contribution in [1.29, 1.82) is 0 Å². The van der Waals surface area contributed by atoms with E-state index in [4.69, 9.17) is 4.74 Å². The lowest BCUT2D eigenvalue weighted by molar-refractivity contribution is 0.0725. The first-order chi connectivity index (χ1) is 13.6. The number of hydrogen-bond acceptors (Lipinski definition) is 4. The second-order valence-electron chi connectivity index (χ2n) is 7.03. The summed E-state index contributed by atoms with van der Waals surface area (Å²) in [6, 6.07) is 6.18. The van der Waals surface area contributed by atoms with Crippen LogP contribution in [-0.4, -0.2) is 40.6 Å². The SMILES string of the molecule is COc1ccc(F)cc1Nc1ncc(C(=O)N2CCCCC2)c2c1ccn2C. The molecular weight excluding hydrogens is 359 g/mol. The number of methoxy groups -OCH3 is 1. The van der Waals surface area contributed by atoms with Gasteiger partial charge in [0.05, 0.1) is 23.9 Å². The van der Waals surface area contributed by atoms with Gasteiger partial charge in [-0.25, -0.2) is 9.37 Å². The molecule has 0 bridgehead atoms. The number of aromatic nitrogens is 2. The number of piperidine rings is 1. The van der Waals surface area contributed by atoms with Crippen molar-refractivity contribution in [2.24, 2.45) is 7.05 Å². The number of rotatable bonds is 4. The molecule has 7 heteroatoms. The fourth-order valence-electron chi connectivity index (χ4n) is 3.74. The van der Waals surface area contributed by atoms with E-state index in [2.05, 4.69) is 10.3 Å². The van der Waals surface area contributed by atoms with Crippen LogP contribution in [0, 0.1) is 5.82 Å². The monoisotopic (exact) mass is 382 g/mol. The summed E-state index contributed by atoms with van der Waals surface area (Å²) < 4.78 is 20.9. The molecule has 1 N–H and O–H groups in total. The van der Waals surface area contributed by atoms with Gasteiger partial charge in [-0.15, -0.1) is 0 Å². The molecule has 1 aromatic carbocycles. The number of nitrogens with zero attached hydrogens (tertiary/aromatic N) is 3. The number of pyridine rings is 1. The van der Waals surface area contributed by atoms with Gasteiger partial charge < -0.3 is 19.5 Å². The molecule has 3 heterocycles. The van der Waals surface area contributed by atoms with E-state index in [9.17, 15) is 9.18 Å². The molecule has 0 spiro atoms. The fourth-order valence-corrected chi connectivity index (χ4v) is 3.74. The van der Waals surface area contributed by atoms with Crippen molar-refractivity contribution >= 4 is 28.3 Å². The van der Waals surface area contributed by atoms with Gasteiger partial charge in [0.2, 0.25) is 0 Å². The highest BCUT2D eigenvalue weighted by Gasteiger charge is 2.23. The number of nitrogens with one attached hydrogen (secondary N) is 1. The topological polar surface area (TPSA) is 59.4 Å². The van der Waals surface area contributed by atoms with Crippen molar-refractivity contribution in [2.45, 2.75) is 19.3 Å². The van der Waals surface area contributed by atoms with Crippen molar-refractivity contribution < 1.29 is 13.9 Å². The number of benzene rings is 1. The van der Waals surface area contributed by atoms with Gasteiger partial charge in [0, 0.05) is 44.0 Å². The minimum Gasteiger partial charge on any atom is -0.495 e. The molecule has 0 aliphatic carbocycles.